The lowest BCUT2D eigenvalue weighted by Gasteiger charge is -2.19. The quantitative estimate of drug-likeness (QED) is 0.817. The molecule has 0 aliphatic carbocycles. The summed E-state index contributed by atoms with van der Waals surface area (Å²) in [5.41, 5.74) is 3.74. The van der Waals surface area contributed by atoms with Crippen LogP contribution in [-0.2, 0) is 13.1 Å². The smallest absolute Gasteiger partial charge is 0.251 e. The van der Waals surface area contributed by atoms with Crippen LogP contribution < -0.4 is 16.0 Å². The van der Waals surface area contributed by atoms with Gasteiger partial charge in [-0.1, -0.05) is 35.9 Å². The van der Waals surface area contributed by atoms with Crippen LogP contribution in [0.1, 0.15) is 21.5 Å². The van der Waals surface area contributed by atoms with Crippen molar-refractivity contribution in [3.05, 3.63) is 64.2 Å². The number of hydrogen-bond donors (Lipinski definition) is 3. The molecule has 1 heterocycles. The third kappa shape index (κ3) is 3.17. The first-order valence-corrected chi connectivity index (χ1v) is 7.21. The number of amides is 1. The summed E-state index contributed by atoms with van der Waals surface area (Å²) in [5.74, 6) is -0.0990. The Morgan fingerprint density at radius 2 is 2.10 bits per heavy atom. The van der Waals surface area contributed by atoms with Gasteiger partial charge in [0.2, 0.25) is 0 Å². The van der Waals surface area contributed by atoms with E-state index in [4.69, 9.17) is 11.6 Å². The van der Waals surface area contributed by atoms with Gasteiger partial charge in [0, 0.05) is 29.4 Å². The van der Waals surface area contributed by atoms with Crippen LogP contribution in [0.4, 0.5) is 5.69 Å². The largest absolute Gasteiger partial charge is 0.372 e. The van der Waals surface area contributed by atoms with E-state index in [2.05, 4.69) is 16.0 Å². The van der Waals surface area contributed by atoms with Crippen LogP contribution in [0, 0.1) is 0 Å². The summed E-state index contributed by atoms with van der Waals surface area (Å²) in [6.45, 7) is 1.96. The first kappa shape index (κ1) is 13.9. The van der Waals surface area contributed by atoms with Gasteiger partial charge in [-0.15, -0.1) is 0 Å². The molecule has 0 atom stereocenters. The van der Waals surface area contributed by atoms with Crippen LogP contribution in [0.2, 0.25) is 5.02 Å². The molecular formula is C16H16ClN3O. The van der Waals surface area contributed by atoms with Crippen molar-refractivity contribution < 1.29 is 4.79 Å². The Morgan fingerprint density at radius 3 is 2.95 bits per heavy atom. The lowest BCUT2D eigenvalue weighted by Crippen LogP contribution is -2.28. The van der Waals surface area contributed by atoms with E-state index in [1.54, 1.807) is 0 Å². The molecule has 0 bridgehead atoms. The highest BCUT2D eigenvalue weighted by atomic mass is 35.5. The van der Waals surface area contributed by atoms with Gasteiger partial charge in [-0.05, 0) is 29.3 Å². The average Bonchev–Trinajstić information content (AvgIpc) is 2.53. The van der Waals surface area contributed by atoms with Crippen molar-refractivity contribution in [2.24, 2.45) is 0 Å². The van der Waals surface area contributed by atoms with E-state index in [0.717, 1.165) is 24.5 Å². The fourth-order valence-corrected chi connectivity index (χ4v) is 2.51. The first-order valence-electron chi connectivity index (χ1n) is 6.83. The molecule has 0 fully saturated rings. The molecule has 5 heteroatoms. The highest BCUT2D eigenvalue weighted by Gasteiger charge is 2.12. The van der Waals surface area contributed by atoms with Crippen LogP contribution in [0.5, 0.6) is 0 Å². The van der Waals surface area contributed by atoms with Crippen LogP contribution >= 0.6 is 11.6 Å². The Kier molecular flexibility index (Phi) is 4.08. The Labute approximate surface area is 128 Å². The van der Waals surface area contributed by atoms with Crippen molar-refractivity contribution in [1.82, 2.24) is 10.6 Å². The van der Waals surface area contributed by atoms with Crippen molar-refractivity contribution in [3.8, 4) is 0 Å². The predicted molar refractivity (Wildman–Crippen MR) is 84.4 cm³/mol. The number of nitrogens with one attached hydrogen (secondary N) is 3. The SMILES string of the molecule is O=C(NCc1ccccc1Cl)c1ccc2c(c1)NCNC2. The molecule has 0 saturated carbocycles. The standard InChI is InChI=1S/C16H16ClN3O/c17-14-4-2-1-3-12(14)9-19-16(21)11-5-6-13-8-18-10-20-15(13)7-11/h1-7,18,20H,8-10H2,(H,19,21). The second-order valence-corrected chi connectivity index (χ2v) is 5.33. The van der Waals surface area contributed by atoms with Gasteiger partial charge < -0.3 is 10.6 Å². The highest BCUT2D eigenvalue weighted by molar-refractivity contribution is 6.31. The summed E-state index contributed by atoms with van der Waals surface area (Å²) in [5, 5.41) is 10.0. The normalized spacial score (nSPS) is 13.2. The third-order valence-corrected chi connectivity index (χ3v) is 3.86. The van der Waals surface area contributed by atoms with Crippen molar-refractivity contribution in [1.29, 1.82) is 0 Å². The van der Waals surface area contributed by atoms with E-state index in [9.17, 15) is 4.79 Å². The van der Waals surface area contributed by atoms with Gasteiger partial charge in [-0.25, -0.2) is 0 Å². The molecule has 1 amide bonds. The zero-order chi connectivity index (χ0) is 14.7. The lowest BCUT2D eigenvalue weighted by molar-refractivity contribution is 0.0951. The Bertz CT molecular complexity index is 672. The molecule has 3 N–H and O–H groups in total. The van der Waals surface area contributed by atoms with Gasteiger partial charge in [0.15, 0.2) is 0 Å². The zero-order valence-electron chi connectivity index (χ0n) is 11.4. The summed E-state index contributed by atoms with van der Waals surface area (Å²) < 4.78 is 0. The molecular weight excluding hydrogens is 286 g/mol. The molecule has 0 spiro atoms. The van der Waals surface area contributed by atoms with Gasteiger partial charge in [-0.3, -0.25) is 10.1 Å². The molecule has 2 aromatic rings. The third-order valence-electron chi connectivity index (χ3n) is 3.49. The minimum atomic E-state index is -0.0990. The number of anilines is 1. The maximum absolute atomic E-state index is 12.2. The van der Waals surface area contributed by atoms with Crippen molar-refractivity contribution in [2.75, 3.05) is 12.0 Å². The molecule has 1 aliphatic heterocycles. The number of rotatable bonds is 3. The minimum Gasteiger partial charge on any atom is -0.372 e. The van der Waals surface area contributed by atoms with Gasteiger partial charge >= 0.3 is 0 Å². The average molecular weight is 302 g/mol. The van der Waals surface area contributed by atoms with Crippen LogP contribution in [0.15, 0.2) is 42.5 Å². The fraction of sp³-hybridized carbons (Fsp3) is 0.188. The highest BCUT2D eigenvalue weighted by Crippen LogP contribution is 2.20. The number of carbonyl (C=O) groups is 1. The Hall–Kier alpha value is -2.04. The number of halogens is 1. The summed E-state index contributed by atoms with van der Waals surface area (Å²) >= 11 is 6.08. The second-order valence-electron chi connectivity index (χ2n) is 4.93. The van der Waals surface area contributed by atoms with E-state index in [-0.39, 0.29) is 5.91 Å². The van der Waals surface area contributed by atoms with E-state index >= 15 is 0 Å². The van der Waals surface area contributed by atoms with E-state index in [1.807, 2.05) is 42.5 Å². The van der Waals surface area contributed by atoms with Crippen molar-refractivity contribution >= 4 is 23.2 Å². The molecule has 3 rings (SSSR count). The summed E-state index contributed by atoms with van der Waals surface area (Å²) in [7, 11) is 0. The molecule has 21 heavy (non-hydrogen) atoms. The second kappa shape index (κ2) is 6.16. The summed E-state index contributed by atoms with van der Waals surface area (Å²) in [6.07, 6.45) is 0. The van der Waals surface area contributed by atoms with Crippen molar-refractivity contribution in [3.63, 3.8) is 0 Å². The number of hydrogen-bond acceptors (Lipinski definition) is 3. The van der Waals surface area contributed by atoms with Crippen LogP contribution in [0.3, 0.4) is 0 Å². The topological polar surface area (TPSA) is 53.2 Å². The van der Waals surface area contributed by atoms with E-state index < -0.39 is 0 Å². The van der Waals surface area contributed by atoms with Gasteiger partial charge in [0.25, 0.3) is 5.91 Å². The number of benzene rings is 2. The summed E-state index contributed by atoms with van der Waals surface area (Å²) in [4.78, 5) is 12.2. The molecule has 4 nitrogen and oxygen atoms in total. The van der Waals surface area contributed by atoms with Gasteiger partial charge in [-0.2, -0.15) is 0 Å². The first-order chi connectivity index (χ1) is 10.2. The zero-order valence-corrected chi connectivity index (χ0v) is 12.2. The number of carbonyl (C=O) groups excluding carboxylic acids is 1. The van der Waals surface area contributed by atoms with Crippen LogP contribution in [0.25, 0.3) is 0 Å². The predicted octanol–water partition coefficient (Wildman–Crippen LogP) is 2.74. The fourth-order valence-electron chi connectivity index (χ4n) is 2.31. The summed E-state index contributed by atoms with van der Waals surface area (Å²) in [6, 6.07) is 13.2. The van der Waals surface area contributed by atoms with Crippen LogP contribution in [-0.4, -0.2) is 12.6 Å². The molecule has 0 saturated heterocycles. The van der Waals surface area contributed by atoms with E-state index in [0.29, 0.717) is 17.1 Å². The van der Waals surface area contributed by atoms with Gasteiger partial charge in [0.1, 0.15) is 0 Å². The van der Waals surface area contributed by atoms with Crippen molar-refractivity contribution in [2.45, 2.75) is 13.1 Å². The Morgan fingerprint density at radius 1 is 1.24 bits per heavy atom. The molecule has 0 aromatic heterocycles. The monoisotopic (exact) mass is 301 g/mol. The van der Waals surface area contributed by atoms with Gasteiger partial charge in [0.05, 0.1) is 6.67 Å². The molecule has 108 valence electrons. The number of fused-ring (bicyclic) bond motifs is 1. The van der Waals surface area contributed by atoms with E-state index in [1.165, 1.54) is 5.56 Å². The lowest BCUT2D eigenvalue weighted by atomic mass is 10.1. The Balaban J connectivity index is 1.69. The molecule has 1 aliphatic rings. The molecule has 0 radical (unpaired) electrons. The molecule has 2 aromatic carbocycles. The molecule has 0 unspecified atom stereocenters. The maximum Gasteiger partial charge on any atom is 0.251 e. The maximum atomic E-state index is 12.2. The minimum absolute atomic E-state index is 0.0990.